The lowest BCUT2D eigenvalue weighted by Gasteiger charge is -2.19. The molecule has 1 N–H and O–H groups in total. The summed E-state index contributed by atoms with van der Waals surface area (Å²) in [5.74, 6) is -2.55. The zero-order chi connectivity index (χ0) is 20.9. The summed E-state index contributed by atoms with van der Waals surface area (Å²) in [6.07, 6.45) is 1.50. The number of amides is 1. The lowest BCUT2D eigenvalue weighted by Crippen LogP contribution is -2.31. The second-order valence-corrected chi connectivity index (χ2v) is 9.64. The van der Waals surface area contributed by atoms with Crippen molar-refractivity contribution in [2.45, 2.75) is 18.7 Å². The van der Waals surface area contributed by atoms with Crippen LogP contribution in [0.25, 0.3) is 0 Å². The number of esters is 1. The van der Waals surface area contributed by atoms with E-state index in [4.69, 9.17) is 4.74 Å². The van der Waals surface area contributed by atoms with Gasteiger partial charge in [-0.15, -0.1) is 0 Å². The van der Waals surface area contributed by atoms with Gasteiger partial charge in [0.2, 0.25) is 10.0 Å². The quantitative estimate of drug-likeness (QED) is 0.566. The van der Waals surface area contributed by atoms with Crippen molar-refractivity contribution < 1.29 is 27.1 Å². The summed E-state index contributed by atoms with van der Waals surface area (Å²) in [6, 6.07) is 2.87. The molecular weight excluding hydrogens is 477 g/mol. The Hall–Kier alpha value is -1.89. The predicted octanol–water partition coefficient (Wildman–Crippen LogP) is 2.87. The molecule has 0 radical (unpaired) electrons. The lowest BCUT2D eigenvalue weighted by atomic mass is 10.2. The molecule has 8 nitrogen and oxygen atoms in total. The first-order valence-electron chi connectivity index (χ1n) is 8.07. The Bertz CT molecular complexity index is 976. The molecule has 0 aliphatic carbocycles. The molecule has 0 unspecified atom stereocenters. The lowest BCUT2D eigenvalue weighted by molar-refractivity contribution is -0.119. The molecule has 0 bridgehead atoms. The monoisotopic (exact) mass is 493 g/mol. The number of carbonyl (C=O) groups excluding carboxylic acids is 2. The maximum absolute atomic E-state index is 14.1. The van der Waals surface area contributed by atoms with Crippen molar-refractivity contribution in [1.29, 1.82) is 0 Å². The summed E-state index contributed by atoms with van der Waals surface area (Å²) in [7, 11) is -4.10. The molecule has 1 heterocycles. The minimum absolute atomic E-state index is 0.153. The van der Waals surface area contributed by atoms with Gasteiger partial charge in [0.1, 0.15) is 10.7 Å². The number of halogens is 2. The first kappa shape index (κ1) is 22.4. The summed E-state index contributed by atoms with van der Waals surface area (Å²) in [6.45, 7) is 2.94. The number of rotatable bonds is 8. The largest absolute Gasteiger partial charge is 0.452 e. The van der Waals surface area contributed by atoms with E-state index < -0.39 is 39.2 Å². The minimum Gasteiger partial charge on any atom is -0.452 e. The van der Waals surface area contributed by atoms with Crippen LogP contribution >= 0.6 is 27.3 Å². The zero-order valence-corrected chi connectivity index (χ0v) is 18.2. The average Bonchev–Trinajstić information content (AvgIpc) is 3.05. The number of hydrogen-bond acceptors (Lipinski definition) is 7. The molecule has 0 spiro atoms. The standard InChI is InChI=1S/C16H17BrFN3O5S2/c1-3-21(4-2)28(24,25)12-7-10(5-6-11(12)18)15(23)26-9-14(22)20-16-19-8-13(17)27-16/h5-8H,3-4,9H2,1-2H3,(H,19,20,22). The number of anilines is 1. The van der Waals surface area contributed by atoms with Crippen LogP contribution in [0.2, 0.25) is 0 Å². The van der Waals surface area contributed by atoms with E-state index in [9.17, 15) is 22.4 Å². The van der Waals surface area contributed by atoms with E-state index in [0.29, 0.717) is 8.92 Å². The smallest absolute Gasteiger partial charge is 0.338 e. The van der Waals surface area contributed by atoms with Gasteiger partial charge in [0.15, 0.2) is 11.7 Å². The van der Waals surface area contributed by atoms with Crippen molar-refractivity contribution in [2.24, 2.45) is 0 Å². The van der Waals surface area contributed by atoms with E-state index in [0.717, 1.165) is 22.5 Å². The molecule has 0 atom stereocenters. The SMILES string of the molecule is CCN(CC)S(=O)(=O)c1cc(C(=O)OCC(=O)Nc2ncc(Br)s2)ccc1F. The number of sulfonamides is 1. The van der Waals surface area contributed by atoms with Gasteiger partial charge < -0.3 is 4.74 Å². The zero-order valence-electron chi connectivity index (χ0n) is 14.9. The number of benzene rings is 1. The summed E-state index contributed by atoms with van der Waals surface area (Å²) in [4.78, 5) is 27.2. The van der Waals surface area contributed by atoms with Gasteiger partial charge in [-0.2, -0.15) is 4.31 Å². The molecule has 0 saturated carbocycles. The number of hydrogen-bond donors (Lipinski definition) is 1. The predicted molar refractivity (Wildman–Crippen MR) is 105 cm³/mol. The number of nitrogens with one attached hydrogen (secondary N) is 1. The third kappa shape index (κ3) is 5.34. The van der Waals surface area contributed by atoms with E-state index in [1.807, 2.05) is 0 Å². The van der Waals surface area contributed by atoms with Gasteiger partial charge in [0, 0.05) is 13.1 Å². The van der Waals surface area contributed by atoms with Gasteiger partial charge >= 0.3 is 5.97 Å². The Morgan fingerprint density at radius 1 is 1.32 bits per heavy atom. The second-order valence-electron chi connectivity index (χ2n) is 5.33. The van der Waals surface area contributed by atoms with Crippen molar-refractivity contribution in [1.82, 2.24) is 9.29 Å². The van der Waals surface area contributed by atoms with Crippen LogP contribution in [0, 0.1) is 5.82 Å². The Morgan fingerprint density at radius 2 is 2.00 bits per heavy atom. The van der Waals surface area contributed by atoms with Crippen molar-refractivity contribution in [3.8, 4) is 0 Å². The molecule has 0 saturated heterocycles. The van der Waals surface area contributed by atoms with Gasteiger partial charge in [-0.3, -0.25) is 10.1 Å². The van der Waals surface area contributed by atoms with Crippen LogP contribution in [0.5, 0.6) is 0 Å². The highest BCUT2D eigenvalue weighted by Gasteiger charge is 2.26. The number of carbonyl (C=O) groups is 2. The highest BCUT2D eigenvalue weighted by atomic mass is 79.9. The number of ether oxygens (including phenoxy) is 1. The van der Waals surface area contributed by atoms with Gasteiger partial charge in [-0.1, -0.05) is 25.2 Å². The first-order valence-corrected chi connectivity index (χ1v) is 11.1. The van der Waals surface area contributed by atoms with Crippen molar-refractivity contribution in [3.05, 3.63) is 39.6 Å². The molecule has 28 heavy (non-hydrogen) atoms. The van der Waals surface area contributed by atoms with Crippen LogP contribution in [-0.2, 0) is 19.6 Å². The van der Waals surface area contributed by atoms with Gasteiger partial charge in [0.25, 0.3) is 5.91 Å². The normalized spacial score (nSPS) is 11.5. The first-order chi connectivity index (χ1) is 13.2. The Morgan fingerprint density at radius 3 is 2.57 bits per heavy atom. The van der Waals surface area contributed by atoms with Crippen LogP contribution in [-0.4, -0.2) is 49.3 Å². The van der Waals surface area contributed by atoms with Crippen LogP contribution in [0.3, 0.4) is 0 Å². The van der Waals surface area contributed by atoms with Crippen LogP contribution in [0.1, 0.15) is 24.2 Å². The van der Waals surface area contributed by atoms with Gasteiger partial charge in [0.05, 0.1) is 15.5 Å². The fourth-order valence-electron chi connectivity index (χ4n) is 2.21. The Labute approximate surface area is 173 Å². The molecule has 1 aromatic heterocycles. The molecule has 0 aliphatic rings. The molecule has 1 aromatic carbocycles. The minimum atomic E-state index is -4.10. The fourth-order valence-corrected chi connectivity index (χ4v) is 4.88. The van der Waals surface area contributed by atoms with Crippen molar-refractivity contribution >= 4 is 54.3 Å². The van der Waals surface area contributed by atoms with E-state index >= 15 is 0 Å². The summed E-state index contributed by atoms with van der Waals surface area (Å²) >= 11 is 4.38. The number of thiazole rings is 1. The Balaban J connectivity index is 2.10. The molecule has 152 valence electrons. The molecular formula is C16H17BrFN3O5S2. The van der Waals surface area contributed by atoms with Gasteiger partial charge in [-0.25, -0.2) is 22.6 Å². The highest BCUT2D eigenvalue weighted by molar-refractivity contribution is 9.11. The summed E-state index contributed by atoms with van der Waals surface area (Å²) in [5.41, 5.74) is -0.183. The molecule has 1 amide bonds. The number of aromatic nitrogens is 1. The maximum Gasteiger partial charge on any atom is 0.338 e. The highest BCUT2D eigenvalue weighted by Crippen LogP contribution is 2.23. The van der Waals surface area contributed by atoms with Crippen LogP contribution in [0.15, 0.2) is 33.1 Å². The Kier molecular flexibility index (Phi) is 7.63. The second kappa shape index (κ2) is 9.54. The average molecular weight is 494 g/mol. The van der Waals surface area contributed by atoms with Crippen LogP contribution in [0.4, 0.5) is 9.52 Å². The molecule has 0 aliphatic heterocycles. The van der Waals surface area contributed by atoms with Gasteiger partial charge in [-0.05, 0) is 34.1 Å². The topological polar surface area (TPSA) is 106 Å². The van der Waals surface area contributed by atoms with Crippen molar-refractivity contribution in [2.75, 3.05) is 25.0 Å². The number of nitrogens with zero attached hydrogens (tertiary/aromatic N) is 2. The van der Waals surface area contributed by atoms with E-state index in [1.54, 1.807) is 13.8 Å². The van der Waals surface area contributed by atoms with E-state index in [2.05, 4.69) is 26.2 Å². The van der Waals surface area contributed by atoms with Crippen molar-refractivity contribution in [3.63, 3.8) is 0 Å². The molecule has 2 rings (SSSR count). The third-order valence-electron chi connectivity index (χ3n) is 3.55. The molecule has 2 aromatic rings. The van der Waals surface area contributed by atoms with E-state index in [1.165, 1.54) is 17.5 Å². The molecule has 12 heteroatoms. The summed E-state index contributed by atoms with van der Waals surface area (Å²) in [5, 5.41) is 2.76. The van der Waals surface area contributed by atoms with Crippen LogP contribution < -0.4 is 5.32 Å². The summed E-state index contributed by atoms with van der Waals surface area (Å²) < 4.78 is 45.8. The fraction of sp³-hybridized carbons (Fsp3) is 0.312. The maximum atomic E-state index is 14.1. The molecule has 0 fully saturated rings. The third-order valence-corrected chi connectivity index (χ3v) is 7.00. The van der Waals surface area contributed by atoms with E-state index in [-0.39, 0.29) is 18.7 Å².